The van der Waals surface area contributed by atoms with Gasteiger partial charge in [-0.1, -0.05) is 54.1 Å². The lowest BCUT2D eigenvalue weighted by molar-refractivity contribution is 0.0962. The molecule has 0 aliphatic carbocycles. The molecule has 0 fully saturated rings. The molecule has 4 rings (SSSR count). The second kappa shape index (κ2) is 13.5. The summed E-state index contributed by atoms with van der Waals surface area (Å²) in [4.78, 5) is 24.3. The van der Waals surface area contributed by atoms with Crippen LogP contribution in [0.3, 0.4) is 0 Å². The van der Waals surface area contributed by atoms with Crippen LogP contribution in [0.5, 0.6) is 11.5 Å². The van der Waals surface area contributed by atoms with E-state index in [2.05, 4.69) is 0 Å². The van der Waals surface area contributed by atoms with Crippen molar-refractivity contribution in [2.24, 2.45) is 0 Å². The summed E-state index contributed by atoms with van der Waals surface area (Å²) in [6, 6.07) is 25.8. The summed E-state index contributed by atoms with van der Waals surface area (Å²) < 4.78 is 32.3. The largest absolute Gasteiger partial charge is 0.465 e. The number of ether oxygens (including phenoxy) is 1. The number of carbonyl (C=O) groups excluding carboxylic acids is 1. The van der Waals surface area contributed by atoms with Crippen LogP contribution in [0, 0.1) is 0 Å². The molecule has 2 N–H and O–H groups in total. The highest BCUT2D eigenvalue weighted by atomic mass is 35.5. The minimum atomic E-state index is -3.85. The van der Waals surface area contributed by atoms with Crippen LogP contribution in [-0.2, 0) is 16.3 Å². The number of para-hydroxylation sites is 1. The van der Waals surface area contributed by atoms with E-state index >= 15 is 0 Å². The van der Waals surface area contributed by atoms with Gasteiger partial charge in [0.05, 0.1) is 28.0 Å². The molecule has 0 saturated heterocycles. The highest BCUT2D eigenvalue weighted by molar-refractivity contribution is 7.91. The third-order valence-corrected chi connectivity index (χ3v) is 8.42. The zero-order chi connectivity index (χ0) is 29.4. The zero-order valence-corrected chi connectivity index (χ0v) is 23.5. The van der Waals surface area contributed by atoms with E-state index in [0.29, 0.717) is 41.0 Å². The number of nitrogens with zero attached hydrogens (tertiary/aromatic N) is 1. The van der Waals surface area contributed by atoms with Gasteiger partial charge in [-0.15, -0.1) is 0 Å². The van der Waals surface area contributed by atoms with Crippen molar-refractivity contribution in [3.63, 3.8) is 0 Å². The normalized spacial score (nSPS) is 12.0. The Bertz CT molecular complexity index is 1620. The molecule has 8 nitrogen and oxygen atoms in total. The number of hydrogen-bond acceptors (Lipinski definition) is 6. The first-order valence-electron chi connectivity index (χ1n) is 12.7. The van der Waals surface area contributed by atoms with Crippen LogP contribution >= 0.6 is 11.6 Å². The molecule has 41 heavy (non-hydrogen) atoms. The quantitative estimate of drug-likeness (QED) is 0.182. The van der Waals surface area contributed by atoms with Crippen LogP contribution in [0.4, 0.5) is 4.79 Å². The second-order valence-electron chi connectivity index (χ2n) is 9.28. The number of aliphatic hydroxyl groups is 1. The number of aldehydes is 1. The van der Waals surface area contributed by atoms with Gasteiger partial charge in [0.2, 0.25) is 9.84 Å². The SMILES string of the molecule is O=Cc1ccccc1Oc1cccc(S(=O)(=O)c2ccc(CCCN(C[C@@H](O)c3cccc(Cl)c3)C(=O)O)cc2)c1. The fourth-order valence-electron chi connectivity index (χ4n) is 4.24. The number of carboxylic acid groups (broad SMARTS) is 1. The third-order valence-electron chi connectivity index (χ3n) is 6.41. The van der Waals surface area contributed by atoms with E-state index in [0.717, 1.165) is 10.5 Å². The van der Waals surface area contributed by atoms with Gasteiger partial charge in [0.25, 0.3) is 0 Å². The molecule has 0 saturated carbocycles. The lowest BCUT2D eigenvalue weighted by atomic mass is 10.1. The van der Waals surface area contributed by atoms with E-state index in [1.54, 1.807) is 72.8 Å². The summed E-state index contributed by atoms with van der Waals surface area (Å²) >= 11 is 5.97. The number of rotatable bonds is 12. The van der Waals surface area contributed by atoms with Crippen LogP contribution in [0.2, 0.25) is 5.02 Å². The minimum absolute atomic E-state index is 0.0432. The Morgan fingerprint density at radius 2 is 1.66 bits per heavy atom. The highest BCUT2D eigenvalue weighted by Crippen LogP contribution is 2.29. The first-order valence-corrected chi connectivity index (χ1v) is 14.6. The molecule has 10 heteroatoms. The van der Waals surface area contributed by atoms with Crippen LogP contribution in [-0.4, -0.2) is 49.0 Å². The topological polar surface area (TPSA) is 121 Å². The van der Waals surface area contributed by atoms with Crippen LogP contribution in [0.15, 0.2) is 107 Å². The Kier molecular flexibility index (Phi) is 9.78. The van der Waals surface area contributed by atoms with Crippen molar-refractivity contribution in [3.8, 4) is 11.5 Å². The van der Waals surface area contributed by atoms with E-state index in [9.17, 15) is 28.2 Å². The van der Waals surface area contributed by atoms with Crippen LogP contribution in [0.1, 0.15) is 34.0 Å². The number of benzene rings is 4. The summed E-state index contributed by atoms with van der Waals surface area (Å²) in [7, 11) is -3.85. The first kappa shape index (κ1) is 29.8. The van der Waals surface area contributed by atoms with Gasteiger partial charge in [0, 0.05) is 11.6 Å². The molecule has 0 radical (unpaired) electrons. The van der Waals surface area contributed by atoms with Crippen molar-refractivity contribution in [2.45, 2.75) is 28.7 Å². The van der Waals surface area contributed by atoms with Crippen LogP contribution < -0.4 is 4.74 Å². The number of aliphatic hydroxyl groups excluding tert-OH is 1. The average Bonchev–Trinajstić information content (AvgIpc) is 2.97. The molecular formula is C31H28ClNO7S. The molecule has 0 unspecified atom stereocenters. The molecule has 1 amide bonds. The van der Waals surface area contributed by atoms with Gasteiger partial charge in [-0.3, -0.25) is 4.79 Å². The van der Waals surface area contributed by atoms with Crippen molar-refractivity contribution >= 4 is 33.8 Å². The van der Waals surface area contributed by atoms with Crippen molar-refractivity contribution in [2.75, 3.05) is 13.1 Å². The number of carbonyl (C=O) groups is 2. The van der Waals surface area contributed by atoms with Gasteiger partial charge in [-0.05, 0) is 78.6 Å². The highest BCUT2D eigenvalue weighted by Gasteiger charge is 2.20. The molecule has 0 bridgehead atoms. The molecule has 4 aromatic carbocycles. The van der Waals surface area contributed by atoms with Crippen LogP contribution in [0.25, 0.3) is 0 Å². The summed E-state index contributed by atoms with van der Waals surface area (Å²) in [6.45, 7) is 0.0867. The van der Waals surface area contributed by atoms with Crippen molar-refractivity contribution in [3.05, 3.63) is 119 Å². The molecule has 0 aliphatic heterocycles. The Balaban J connectivity index is 1.38. The lowest BCUT2D eigenvalue weighted by Crippen LogP contribution is -2.34. The summed E-state index contributed by atoms with van der Waals surface area (Å²) in [5, 5.41) is 20.5. The number of amides is 1. The molecule has 4 aromatic rings. The van der Waals surface area contributed by atoms with Crippen molar-refractivity contribution in [1.29, 1.82) is 0 Å². The predicted octanol–water partition coefficient (Wildman–Crippen LogP) is 6.42. The fraction of sp³-hybridized carbons (Fsp3) is 0.161. The molecule has 212 valence electrons. The Morgan fingerprint density at radius 3 is 2.37 bits per heavy atom. The smallest absolute Gasteiger partial charge is 0.407 e. The average molecular weight is 594 g/mol. The molecule has 0 aromatic heterocycles. The number of sulfone groups is 1. The monoisotopic (exact) mass is 593 g/mol. The Hall–Kier alpha value is -4.18. The molecule has 1 atom stereocenters. The molecule has 0 spiro atoms. The van der Waals surface area contributed by atoms with E-state index in [4.69, 9.17) is 16.3 Å². The maximum absolute atomic E-state index is 13.3. The molecular weight excluding hydrogens is 566 g/mol. The van der Waals surface area contributed by atoms with E-state index in [1.807, 2.05) is 0 Å². The van der Waals surface area contributed by atoms with E-state index < -0.39 is 22.0 Å². The van der Waals surface area contributed by atoms with E-state index in [1.165, 1.54) is 24.3 Å². The fourth-order valence-corrected chi connectivity index (χ4v) is 5.74. The lowest BCUT2D eigenvalue weighted by Gasteiger charge is -2.22. The van der Waals surface area contributed by atoms with Gasteiger partial charge in [-0.25, -0.2) is 13.2 Å². The summed E-state index contributed by atoms with van der Waals surface area (Å²) in [6.07, 6.45) is -0.508. The second-order valence-corrected chi connectivity index (χ2v) is 11.7. The summed E-state index contributed by atoms with van der Waals surface area (Å²) in [5.74, 6) is 0.599. The number of halogens is 1. The minimum Gasteiger partial charge on any atom is -0.465 e. The van der Waals surface area contributed by atoms with Gasteiger partial charge in [-0.2, -0.15) is 0 Å². The predicted molar refractivity (Wildman–Crippen MR) is 155 cm³/mol. The third kappa shape index (κ3) is 7.73. The maximum atomic E-state index is 13.3. The zero-order valence-electron chi connectivity index (χ0n) is 21.9. The maximum Gasteiger partial charge on any atom is 0.407 e. The Labute approximate surface area is 243 Å². The van der Waals surface area contributed by atoms with Crippen molar-refractivity contribution in [1.82, 2.24) is 4.90 Å². The Morgan fingerprint density at radius 1 is 0.927 bits per heavy atom. The standard InChI is InChI=1S/C31H28ClNO7S/c32-25-9-3-8-23(18-25)29(35)20-33(31(36)37)17-5-6-22-13-15-27(16-14-22)41(38,39)28-11-4-10-26(19-28)40-30-12-2-1-7-24(30)21-34/h1-4,7-16,18-19,21,29,35H,5-6,17,20H2,(H,36,37)/t29-/m1/s1. The molecule has 0 heterocycles. The number of hydrogen-bond donors (Lipinski definition) is 2. The van der Waals surface area contributed by atoms with Crippen molar-refractivity contribution < 1.29 is 33.0 Å². The summed E-state index contributed by atoms with van der Waals surface area (Å²) in [5.41, 5.74) is 1.72. The van der Waals surface area contributed by atoms with Gasteiger partial charge in [0.15, 0.2) is 6.29 Å². The number of aryl methyl sites for hydroxylation is 1. The molecule has 0 aliphatic rings. The van der Waals surface area contributed by atoms with Gasteiger partial charge in [0.1, 0.15) is 11.5 Å². The van der Waals surface area contributed by atoms with E-state index in [-0.39, 0.29) is 28.6 Å². The first-order chi connectivity index (χ1) is 19.7. The van der Waals surface area contributed by atoms with Gasteiger partial charge >= 0.3 is 6.09 Å². The van der Waals surface area contributed by atoms with Gasteiger partial charge < -0.3 is 19.8 Å².